The predicted molar refractivity (Wildman–Crippen MR) is 46.9 cm³/mol. The lowest BCUT2D eigenvalue weighted by atomic mass is 9.99. The molecule has 0 heterocycles. The summed E-state index contributed by atoms with van der Waals surface area (Å²) >= 11 is 0. The Kier molecular flexibility index (Phi) is 2.51. The number of carbonyl (C=O) groups is 1. The van der Waals surface area contributed by atoms with E-state index in [4.69, 9.17) is 10.8 Å². The normalized spacial score (nSPS) is 12.5. The number of nitrogens with two attached hydrogens (primary N) is 1. The fraction of sp³-hybridized carbons (Fsp3) is 0.222. The molecule has 3 nitrogen and oxygen atoms in total. The summed E-state index contributed by atoms with van der Waals surface area (Å²) in [6.45, 7) is 1.47. The number of hydrogen-bond acceptors (Lipinski definition) is 2. The Labute approximate surface area is 75.0 Å². The van der Waals surface area contributed by atoms with Gasteiger partial charge in [0, 0.05) is 5.69 Å². The van der Waals surface area contributed by atoms with Crippen molar-refractivity contribution >= 4 is 11.7 Å². The molecular formula is C9H10FNO2. The van der Waals surface area contributed by atoms with E-state index in [1.807, 2.05) is 0 Å². The minimum Gasteiger partial charge on any atom is -0.481 e. The van der Waals surface area contributed by atoms with Crippen LogP contribution in [0.2, 0.25) is 0 Å². The quantitative estimate of drug-likeness (QED) is 0.684. The van der Waals surface area contributed by atoms with Crippen LogP contribution in [0.4, 0.5) is 10.1 Å². The van der Waals surface area contributed by atoms with Gasteiger partial charge in [-0.05, 0) is 30.7 Å². The van der Waals surface area contributed by atoms with Gasteiger partial charge in [-0.3, -0.25) is 4.79 Å². The summed E-state index contributed by atoms with van der Waals surface area (Å²) in [6, 6.07) is 3.71. The molecule has 0 radical (unpaired) electrons. The highest BCUT2D eigenvalue weighted by atomic mass is 19.1. The van der Waals surface area contributed by atoms with Crippen LogP contribution in [-0.2, 0) is 4.79 Å². The summed E-state index contributed by atoms with van der Waals surface area (Å²) < 4.78 is 12.7. The van der Waals surface area contributed by atoms with Crippen LogP contribution in [0.3, 0.4) is 0 Å². The van der Waals surface area contributed by atoms with Gasteiger partial charge in [0.1, 0.15) is 5.82 Å². The van der Waals surface area contributed by atoms with Crippen molar-refractivity contribution in [2.75, 3.05) is 5.73 Å². The fourth-order valence-corrected chi connectivity index (χ4v) is 1.05. The summed E-state index contributed by atoms with van der Waals surface area (Å²) in [4.78, 5) is 10.6. The highest BCUT2D eigenvalue weighted by Gasteiger charge is 2.16. The first-order valence-electron chi connectivity index (χ1n) is 3.80. The third-order valence-electron chi connectivity index (χ3n) is 1.89. The molecule has 1 atom stereocenters. The molecule has 4 heteroatoms. The van der Waals surface area contributed by atoms with E-state index in [2.05, 4.69) is 0 Å². The standard InChI is InChI=1S/C9H10FNO2/c1-5(9(12)13)7-4-6(10)2-3-8(7)11/h2-5H,11H2,1H3,(H,12,13). The molecule has 1 aromatic carbocycles. The Balaban J connectivity index is 3.12. The van der Waals surface area contributed by atoms with Crippen molar-refractivity contribution in [2.45, 2.75) is 12.8 Å². The molecule has 3 N–H and O–H groups in total. The summed E-state index contributed by atoms with van der Waals surface area (Å²) in [5.74, 6) is -2.27. The van der Waals surface area contributed by atoms with E-state index >= 15 is 0 Å². The van der Waals surface area contributed by atoms with Crippen molar-refractivity contribution in [3.63, 3.8) is 0 Å². The van der Waals surface area contributed by atoms with Crippen molar-refractivity contribution in [1.82, 2.24) is 0 Å². The molecule has 0 saturated heterocycles. The van der Waals surface area contributed by atoms with Gasteiger partial charge in [0.2, 0.25) is 0 Å². The van der Waals surface area contributed by atoms with E-state index in [1.54, 1.807) is 0 Å². The van der Waals surface area contributed by atoms with E-state index in [9.17, 15) is 9.18 Å². The zero-order valence-corrected chi connectivity index (χ0v) is 7.12. The van der Waals surface area contributed by atoms with Crippen LogP contribution in [0.15, 0.2) is 18.2 Å². The second-order valence-electron chi connectivity index (χ2n) is 2.83. The topological polar surface area (TPSA) is 63.3 Å². The summed E-state index contributed by atoms with van der Waals surface area (Å²) in [7, 11) is 0. The molecule has 1 rings (SSSR count). The Hall–Kier alpha value is -1.58. The van der Waals surface area contributed by atoms with E-state index in [0.29, 0.717) is 11.3 Å². The highest BCUT2D eigenvalue weighted by Crippen LogP contribution is 2.22. The van der Waals surface area contributed by atoms with Crippen molar-refractivity contribution in [1.29, 1.82) is 0 Å². The fourth-order valence-electron chi connectivity index (χ4n) is 1.05. The molecule has 0 aliphatic rings. The van der Waals surface area contributed by atoms with E-state index in [-0.39, 0.29) is 0 Å². The van der Waals surface area contributed by atoms with Gasteiger partial charge in [0.05, 0.1) is 5.92 Å². The molecule has 13 heavy (non-hydrogen) atoms. The number of aliphatic carboxylic acids is 1. The number of benzene rings is 1. The van der Waals surface area contributed by atoms with Crippen molar-refractivity contribution in [3.05, 3.63) is 29.6 Å². The number of nitrogen functional groups attached to an aromatic ring is 1. The molecule has 0 aromatic heterocycles. The number of rotatable bonds is 2. The average molecular weight is 183 g/mol. The van der Waals surface area contributed by atoms with E-state index < -0.39 is 17.7 Å². The first-order valence-corrected chi connectivity index (χ1v) is 3.80. The first-order chi connectivity index (χ1) is 6.02. The lowest BCUT2D eigenvalue weighted by Gasteiger charge is -2.09. The largest absolute Gasteiger partial charge is 0.481 e. The molecule has 0 fully saturated rings. The van der Waals surface area contributed by atoms with Crippen LogP contribution in [0.1, 0.15) is 18.4 Å². The summed E-state index contributed by atoms with van der Waals surface area (Å²) in [6.07, 6.45) is 0. The number of halogens is 1. The number of carboxylic acid groups (broad SMARTS) is 1. The number of carboxylic acids is 1. The van der Waals surface area contributed by atoms with Crippen LogP contribution in [0, 0.1) is 5.82 Å². The lowest BCUT2D eigenvalue weighted by molar-refractivity contribution is -0.138. The zero-order chi connectivity index (χ0) is 10.0. The molecule has 1 unspecified atom stereocenters. The second kappa shape index (κ2) is 3.43. The molecule has 0 aliphatic carbocycles. The summed E-state index contributed by atoms with van der Waals surface area (Å²) in [5, 5.41) is 8.67. The Morgan fingerprint density at radius 1 is 1.62 bits per heavy atom. The van der Waals surface area contributed by atoms with Crippen molar-refractivity contribution in [3.8, 4) is 0 Å². The molecule has 0 aliphatic heterocycles. The molecular weight excluding hydrogens is 173 g/mol. The smallest absolute Gasteiger partial charge is 0.310 e. The molecule has 1 aromatic rings. The van der Waals surface area contributed by atoms with E-state index in [1.165, 1.54) is 19.1 Å². The number of anilines is 1. The third kappa shape index (κ3) is 1.96. The van der Waals surface area contributed by atoms with Gasteiger partial charge in [-0.2, -0.15) is 0 Å². The molecule has 0 bridgehead atoms. The first kappa shape index (κ1) is 9.51. The Morgan fingerprint density at radius 2 is 2.23 bits per heavy atom. The van der Waals surface area contributed by atoms with Crippen molar-refractivity contribution in [2.24, 2.45) is 0 Å². The second-order valence-corrected chi connectivity index (χ2v) is 2.83. The minimum atomic E-state index is -1.02. The molecule has 0 saturated carbocycles. The monoisotopic (exact) mass is 183 g/mol. The predicted octanol–water partition coefficient (Wildman–Crippen LogP) is 1.60. The number of hydrogen-bond donors (Lipinski definition) is 2. The van der Waals surface area contributed by atoms with Crippen LogP contribution in [-0.4, -0.2) is 11.1 Å². The van der Waals surface area contributed by atoms with Gasteiger partial charge < -0.3 is 10.8 Å². The van der Waals surface area contributed by atoms with Gasteiger partial charge in [0.15, 0.2) is 0 Å². The van der Waals surface area contributed by atoms with Gasteiger partial charge in [-0.15, -0.1) is 0 Å². The van der Waals surface area contributed by atoms with Crippen LogP contribution >= 0.6 is 0 Å². The average Bonchev–Trinajstić information content (AvgIpc) is 2.08. The SMILES string of the molecule is CC(C(=O)O)c1cc(F)ccc1N. The highest BCUT2D eigenvalue weighted by molar-refractivity contribution is 5.78. The molecule has 0 amide bonds. The van der Waals surface area contributed by atoms with Gasteiger partial charge in [-0.1, -0.05) is 0 Å². The van der Waals surface area contributed by atoms with Gasteiger partial charge in [-0.25, -0.2) is 4.39 Å². The lowest BCUT2D eigenvalue weighted by Crippen LogP contribution is -2.10. The van der Waals surface area contributed by atoms with Gasteiger partial charge in [0.25, 0.3) is 0 Å². The maximum Gasteiger partial charge on any atom is 0.310 e. The van der Waals surface area contributed by atoms with Gasteiger partial charge >= 0.3 is 5.97 Å². The maximum absolute atomic E-state index is 12.7. The maximum atomic E-state index is 12.7. The Morgan fingerprint density at radius 3 is 2.77 bits per heavy atom. The van der Waals surface area contributed by atoms with Crippen LogP contribution in [0.25, 0.3) is 0 Å². The van der Waals surface area contributed by atoms with E-state index in [0.717, 1.165) is 6.07 Å². The van der Waals surface area contributed by atoms with Crippen LogP contribution < -0.4 is 5.73 Å². The zero-order valence-electron chi connectivity index (χ0n) is 7.12. The summed E-state index contributed by atoms with van der Waals surface area (Å²) in [5.41, 5.74) is 6.11. The van der Waals surface area contributed by atoms with Crippen molar-refractivity contribution < 1.29 is 14.3 Å². The minimum absolute atomic E-state index is 0.302. The van der Waals surface area contributed by atoms with Crippen LogP contribution in [0.5, 0.6) is 0 Å². The molecule has 70 valence electrons. The Bertz CT molecular complexity index is 338. The third-order valence-corrected chi connectivity index (χ3v) is 1.89. The molecule has 0 spiro atoms.